The van der Waals surface area contributed by atoms with Gasteiger partial charge in [0.15, 0.2) is 0 Å². The van der Waals surface area contributed by atoms with E-state index >= 15 is 0 Å². The Bertz CT molecular complexity index is 709. The van der Waals surface area contributed by atoms with E-state index in [0.717, 1.165) is 61.3 Å². The van der Waals surface area contributed by atoms with Crippen LogP contribution in [0.3, 0.4) is 0 Å². The first kappa shape index (κ1) is 18.9. The minimum Gasteiger partial charge on any atom is -0.496 e. The Morgan fingerprint density at radius 1 is 1.15 bits per heavy atom. The van der Waals surface area contributed by atoms with Crippen molar-refractivity contribution in [1.29, 1.82) is 0 Å². The van der Waals surface area contributed by atoms with Crippen molar-refractivity contribution in [2.75, 3.05) is 26.7 Å². The molecule has 3 nitrogen and oxygen atoms in total. The van der Waals surface area contributed by atoms with Crippen LogP contribution in [0.2, 0.25) is 0 Å². The van der Waals surface area contributed by atoms with Gasteiger partial charge in [0.25, 0.3) is 0 Å². The number of aryl methyl sites for hydroxylation is 1. The number of halogens is 1. The molecule has 1 atom stereocenters. The van der Waals surface area contributed by atoms with Crippen LogP contribution in [-0.2, 0) is 6.42 Å². The largest absolute Gasteiger partial charge is 0.496 e. The highest BCUT2D eigenvalue weighted by atomic mass is 19.1. The maximum absolute atomic E-state index is 13.0. The van der Waals surface area contributed by atoms with E-state index in [1.807, 2.05) is 37.3 Å². The number of benzene rings is 2. The van der Waals surface area contributed by atoms with E-state index in [9.17, 15) is 9.50 Å². The molecule has 4 heteroatoms. The highest BCUT2D eigenvalue weighted by molar-refractivity contribution is 5.42. The van der Waals surface area contributed by atoms with Crippen molar-refractivity contribution < 1.29 is 14.2 Å². The molecule has 2 aromatic carbocycles. The van der Waals surface area contributed by atoms with Crippen molar-refractivity contribution in [3.05, 3.63) is 65.0 Å². The van der Waals surface area contributed by atoms with Crippen molar-refractivity contribution in [3.8, 4) is 5.75 Å². The SMILES string of the molecule is COc1c(C)cccc1C(O)C1CCN(CCc2ccc(F)cc2)CC1. The number of rotatable bonds is 6. The van der Waals surface area contributed by atoms with Crippen molar-refractivity contribution in [3.63, 3.8) is 0 Å². The fourth-order valence-corrected chi connectivity index (χ4v) is 3.87. The zero-order chi connectivity index (χ0) is 18.5. The number of aliphatic hydroxyl groups is 1. The predicted molar refractivity (Wildman–Crippen MR) is 102 cm³/mol. The smallest absolute Gasteiger partial charge is 0.127 e. The fraction of sp³-hybridized carbons (Fsp3) is 0.455. The van der Waals surface area contributed by atoms with Crippen molar-refractivity contribution in [2.45, 2.75) is 32.3 Å². The van der Waals surface area contributed by atoms with Crippen LogP contribution in [0.1, 0.15) is 35.6 Å². The molecule has 1 unspecified atom stereocenters. The van der Waals surface area contributed by atoms with E-state index in [2.05, 4.69) is 4.90 Å². The summed E-state index contributed by atoms with van der Waals surface area (Å²) in [7, 11) is 1.66. The summed E-state index contributed by atoms with van der Waals surface area (Å²) < 4.78 is 18.5. The lowest BCUT2D eigenvalue weighted by molar-refractivity contribution is 0.0575. The fourth-order valence-electron chi connectivity index (χ4n) is 3.87. The first-order chi connectivity index (χ1) is 12.6. The first-order valence-corrected chi connectivity index (χ1v) is 9.37. The molecular weight excluding hydrogens is 329 g/mol. The molecule has 1 aliphatic heterocycles. The molecule has 0 radical (unpaired) electrons. The van der Waals surface area contributed by atoms with Gasteiger partial charge in [0.2, 0.25) is 0 Å². The molecule has 0 amide bonds. The zero-order valence-corrected chi connectivity index (χ0v) is 15.6. The average Bonchev–Trinajstić information content (AvgIpc) is 2.67. The second-order valence-electron chi connectivity index (χ2n) is 7.20. The maximum Gasteiger partial charge on any atom is 0.127 e. The summed E-state index contributed by atoms with van der Waals surface area (Å²) in [6, 6.07) is 12.7. The molecule has 0 aliphatic carbocycles. The molecule has 2 aromatic rings. The molecule has 1 saturated heterocycles. The van der Waals surface area contributed by atoms with Gasteiger partial charge in [-0.3, -0.25) is 0 Å². The van der Waals surface area contributed by atoms with Gasteiger partial charge in [-0.05, 0) is 68.5 Å². The maximum atomic E-state index is 13.0. The highest BCUT2D eigenvalue weighted by Crippen LogP contribution is 2.36. The number of para-hydroxylation sites is 1. The normalized spacial score (nSPS) is 17.2. The summed E-state index contributed by atoms with van der Waals surface area (Å²) in [6.07, 6.45) is 2.40. The molecule has 140 valence electrons. The van der Waals surface area contributed by atoms with E-state index in [1.165, 1.54) is 12.1 Å². The number of likely N-dealkylation sites (tertiary alicyclic amines) is 1. The first-order valence-electron chi connectivity index (χ1n) is 9.37. The number of hydrogen-bond donors (Lipinski definition) is 1. The standard InChI is InChI=1S/C22H28FNO2/c1-16-4-3-5-20(22(16)26-2)21(25)18-11-14-24(15-12-18)13-10-17-6-8-19(23)9-7-17/h3-9,18,21,25H,10-15H2,1-2H3. The van der Waals surface area contributed by atoms with Gasteiger partial charge in [0.1, 0.15) is 11.6 Å². The van der Waals surface area contributed by atoms with Gasteiger partial charge in [0.05, 0.1) is 13.2 Å². The molecular formula is C22H28FNO2. The van der Waals surface area contributed by atoms with E-state index in [1.54, 1.807) is 7.11 Å². The van der Waals surface area contributed by atoms with Crippen LogP contribution >= 0.6 is 0 Å². The van der Waals surface area contributed by atoms with E-state index in [4.69, 9.17) is 4.74 Å². The number of piperidine rings is 1. The predicted octanol–water partition coefficient (Wildman–Crippen LogP) is 4.13. The average molecular weight is 357 g/mol. The van der Waals surface area contributed by atoms with Crippen molar-refractivity contribution >= 4 is 0 Å². The topological polar surface area (TPSA) is 32.7 Å². The Morgan fingerprint density at radius 2 is 1.85 bits per heavy atom. The van der Waals surface area contributed by atoms with Crippen molar-refractivity contribution in [2.24, 2.45) is 5.92 Å². The second kappa shape index (κ2) is 8.65. The third-order valence-corrected chi connectivity index (χ3v) is 5.47. The Labute approximate surface area is 155 Å². The quantitative estimate of drug-likeness (QED) is 0.844. The molecule has 1 N–H and O–H groups in total. The second-order valence-corrected chi connectivity index (χ2v) is 7.20. The van der Waals surface area contributed by atoms with Gasteiger partial charge in [-0.1, -0.05) is 30.3 Å². The molecule has 1 aliphatic rings. The van der Waals surface area contributed by atoms with Crippen LogP contribution in [0.5, 0.6) is 5.75 Å². The van der Waals surface area contributed by atoms with E-state index in [0.29, 0.717) is 0 Å². The van der Waals surface area contributed by atoms with Gasteiger partial charge in [0, 0.05) is 12.1 Å². The Morgan fingerprint density at radius 3 is 2.50 bits per heavy atom. The Balaban J connectivity index is 1.53. The van der Waals surface area contributed by atoms with Crippen LogP contribution < -0.4 is 4.74 Å². The zero-order valence-electron chi connectivity index (χ0n) is 15.6. The number of aliphatic hydroxyl groups excluding tert-OH is 1. The van der Waals surface area contributed by atoms with Crippen molar-refractivity contribution in [1.82, 2.24) is 4.90 Å². The monoisotopic (exact) mass is 357 g/mol. The molecule has 26 heavy (non-hydrogen) atoms. The summed E-state index contributed by atoms with van der Waals surface area (Å²) >= 11 is 0. The van der Waals surface area contributed by atoms with Gasteiger partial charge in [-0.2, -0.15) is 0 Å². The van der Waals surface area contributed by atoms with Crippen LogP contribution in [-0.4, -0.2) is 36.8 Å². The summed E-state index contributed by atoms with van der Waals surface area (Å²) in [5.41, 5.74) is 3.12. The summed E-state index contributed by atoms with van der Waals surface area (Å²) in [4.78, 5) is 2.43. The molecule has 0 aromatic heterocycles. The van der Waals surface area contributed by atoms with Crippen LogP contribution in [0.4, 0.5) is 4.39 Å². The number of nitrogens with zero attached hydrogens (tertiary/aromatic N) is 1. The van der Waals surface area contributed by atoms with Crippen LogP contribution in [0, 0.1) is 18.7 Å². The minimum absolute atomic E-state index is 0.185. The number of ether oxygens (including phenoxy) is 1. The van der Waals surface area contributed by atoms with Gasteiger partial charge >= 0.3 is 0 Å². The molecule has 0 saturated carbocycles. The molecule has 3 rings (SSSR count). The summed E-state index contributed by atoms with van der Waals surface area (Å²) in [6.45, 7) is 4.95. The lowest BCUT2D eigenvalue weighted by Crippen LogP contribution is -2.36. The summed E-state index contributed by atoms with van der Waals surface area (Å²) in [5.74, 6) is 0.877. The highest BCUT2D eigenvalue weighted by Gasteiger charge is 2.28. The number of hydrogen-bond acceptors (Lipinski definition) is 3. The molecule has 1 heterocycles. The molecule has 1 fully saturated rings. The lowest BCUT2D eigenvalue weighted by Gasteiger charge is -2.34. The lowest BCUT2D eigenvalue weighted by atomic mass is 9.86. The van der Waals surface area contributed by atoms with Gasteiger partial charge in [-0.15, -0.1) is 0 Å². The van der Waals surface area contributed by atoms with Gasteiger partial charge < -0.3 is 14.7 Å². The molecule has 0 bridgehead atoms. The summed E-state index contributed by atoms with van der Waals surface area (Å²) in [5, 5.41) is 10.9. The third kappa shape index (κ3) is 4.43. The third-order valence-electron chi connectivity index (χ3n) is 5.47. The minimum atomic E-state index is -0.482. The van der Waals surface area contributed by atoms with E-state index < -0.39 is 6.10 Å². The molecule has 0 spiro atoms. The van der Waals surface area contributed by atoms with E-state index in [-0.39, 0.29) is 11.7 Å². The van der Waals surface area contributed by atoms with Gasteiger partial charge in [-0.25, -0.2) is 4.39 Å². The number of methoxy groups -OCH3 is 1. The Hall–Kier alpha value is -1.91. The van der Waals surface area contributed by atoms with Crippen LogP contribution in [0.15, 0.2) is 42.5 Å². The van der Waals surface area contributed by atoms with Crippen LogP contribution in [0.25, 0.3) is 0 Å². The Kier molecular flexibility index (Phi) is 6.28.